The van der Waals surface area contributed by atoms with E-state index in [0.717, 1.165) is 22.8 Å². The highest BCUT2D eigenvalue weighted by atomic mass is 19.4. The van der Waals surface area contributed by atoms with E-state index in [4.69, 9.17) is 0 Å². The van der Waals surface area contributed by atoms with Crippen LogP contribution in [0.4, 0.5) is 23.2 Å². The van der Waals surface area contributed by atoms with Gasteiger partial charge in [-0.3, -0.25) is 9.59 Å². The van der Waals surface area contributed by atoms with Gasteiger partial charge in [0.05, 0.1) is 12.1 Å². The van der Waals surface area contributed by atoms with Crippen LogP contribution in [0.1, 0.15) is 21.5 Å². The number of rotatable bonds is 4. The van der Waals surface area contributed by atoms with E-state index in [9.17, 15) is 27.2 Å². The lowest BCUT2D eigenvalue weighted by molar-refractivity contribution is -0.137. The van der Waals surface area contributed by atoms with Crippen molar-refractivity contribution >= 4 is 11.6 Å². The van der Waals surface area contributed by atoms with E-state index in [1.54, 1.807) is 0 Å². The number of anilines is 1. The lowest BCUT2D eigenvalue weighted by atomic mass is 10.1. The fourth-order valence-electron chi connectivity index (χ4n) is 2.64. The van der Waals surface area contributed by atoms with Crippen molar-refractivity contribution in [3.63, 3.8) is 0 Å². The first-order chi connectivity index (χ1) is 13.2. The van der Waals surface area contributed by atoms with Crippen LogP contribution in [-0.4, -0.2) is 10.5 Å². The van der Waals surface area contributed by atoms with Gasteiger partial charge in [-0.2, -0.15) is 13.2 Å². The van der Waals surface area contributed by atoms with Crippen LogP contribution in [0.2, 0.25) is 0 Å². The van der Waals surface area contributed by atoms with Gasteiger partial charge in [0, 0.05) is 11.9 Å². The molecule has 1 heterocycles. The monoisotopic (exact) mass is 390 g/mol. The van der Waals surface area contributed by atoms with Gasteiger partial charge in [-0.25, -0.2) is 4.39 Å². The molecule has 0 bridgehead atoms. The second-order valence-electron chi connectivity index (χ2n) is 6.02. The second kappa shape index (κ2) is 7.67. The minimum absolute atomic E-state index is 0.135. The Morgan fingerprint density at radius 2 is 1.75 bits per heavy atom. The third kappa shape index (κ3) is 4.46. The number of nitrogens with one attached hydrogen (secondary N) is 1. The molecule has 0 aliphatic carbocycles. The maximum Gasteiger partial charge on any atom is 0.416 e. The number of benzene rings is 2. The molecule has 0 saturated heterocycles. The lowest BCUT2D eigenvalue weighted by Gasteiger charge is -2.11. The average molecular weight is 390 g/mol. The van der Waals surface area contributed by atoms with Gasteiger partial charge in [0.1, 0.15) is 11.4 Å². The van der Waals surface area contributed by atoms with Crippen LogP contribution in [0.15, 0.2) is 71.7 Å². The van der Waals surface area contributed by atoms with E-state index < -0.39 is 29.0 Å². The minimum atomic E-state index is -4.49. The zero-order valence-corrected chi connectivity index (χ0v) is 14.3. The smallest absolute Gasteiger partial charge is 0.322 e. The van der Waals surface area contributed by atoms with Crippen molar-refractivity contribution in [2.45, 2.75) is 12.7 Å². The van der Waals surface area contributed by atoms with E-state index in [0.29, 0.717) is 0 Å². The van der Waals surface area contributed by atoms with Crippen LogP contribution < -0.4 is 10.9 Å². The highest BCUT2D eigenvalue weighted by molar-refractivity contribution is 6.03. The molecule has 0 fully saturated rings. The third-order valence-corrected chi connectivity index (χ3v) is 3.95. The van der Waals surface area contributed by atoms with Crippen molar-refractivity contribution in [3.8, 4) is 0 Å². The molecular formula is C20H14F4N2O2. The van der Waals surface area contributed by atoms with Gasteiger partial charge < -0.3 is 9.88 Å². The fraction of sp³-hybridized carbons (Fsp3) is 0.100. The molecule has 3 aromatic rings. The maximum atomic E-state index is 13.2. The van der Waals surface area contributed by atoms with Crippen LogP contribution in [0, 0.1) is 5.82 Å². The molecule has 0 spiro atoms. The quantitative estimate of drug-likeness (QED) is 0.675. The Morgan fingerprint density at radius 3 is 2.46 bits per heavy atom. The highest BCUT2D eigenvalue weighted by Gasteiger charge is 2.30. The van der Waals surface area contributed by atoms with Crippen LogP contribution in [0.25, 0.3) is 0 Å². The Bertz CT molecular complexity index is 1070. The molecule has 144 valence electrons. The Hall–Kier alpha value is -3.42. The molecular weight excluding hydrogens is 376 g/mol. The van der Waals surface area contributed by atoms with Gasteiger partial charge in [0.25, 0.3) is 11.5 Å². The predicted molar refractivity (Wildman–Crippen MR) is 95.6 cm³/mol. The molecule has 3 rings (SSSR count). The SMILES string of the molecule is O=C(Nc1cccc(F)c1)c1cccn(Cc2cccc(C(F)(F)F)c2)c1=O. The number of carbonyl (C=O) groups is 1. The number of nitrogens with zero attached hydrogens (tertiary/aromatic N) is 1. The highest BCUT2D eigenvalue weighted by Crippen LogP contribution is 2.29. The Balaban J connectivity index is 1.85. The molecule has 0 radical (unpaired) electrons. The topological polar surface area (TPSA) is 51.1 Å². The van der Waals surface area contributed by atoms with Gasteiger partial charge in [-0.1, -0.05) is 18.2 Å². The van der Waals surface area contributed by atoms with Gasteiger partial charge in [0.15, 0.2) is 0 Å². The van der Waals surface area contributed by atoms with Crippen molar-refractivity contribution in [2.75, 3.05) is 5.32 Å². The summed E-state index contributed by atoms with van der Waals surface area (Å²) in [6, 6.07) is 12.5. The number of carbonyl (C=O) groups excluding carboxylic acids is 1. The molecule has 2 aromatic carbocycles. The number of hydrogen-bond donors (Lipinski definition) is 1. The van der Waals surface area contributed by atoms with E-state index in [1.165, 1.54) is 48.7 Å². The van der Waals surface area contributed by atoms with Gasteiger partial charge in [0.2, 0.25) is 0 Å². The molecule has 4 nitrogen and oxygen atoms in total. The van der Waals surface area contributed by atoms with Crippen molar-refractivity contribution in [2.24, 2.45) is 0 Å². The molecule has 0 atom stereocenters. The van der Waals surface area contributed by atoms with E-state index >= 15 is 0 Å². The normalized spacial score (nSPS) is 11.3. The lowest BCUT2D eigenvalue weighted by Crippen LogP contribution is -2.29. The number of hydrogen-bond acceptors (Lipinski definition) is 2. The summed E-state index contributed by atoms with van der Waals surface area (Å²) in [5.41, 5.74) is -1.26. The molecule has 1 aromatic heterocycles. The van der Waals surface area contributed by atoms with Crippen molar-refractivity contribution < 1.29 is 22.4 Å². The first kappa shape index (κ1) is 19.3. The second-order valence-corrected chi connectivity index (χ2v) is 6.02. The zero-order chi connectivity index (χ0) is 20.3. The molecule has 0 unspecified atom stereocenters. The van der Waals surface area contributed by atoms with Gasteiger partial charge in [-0.05, 0) is 48.0 Å². The summed E-state index contributed by atoms with van der Waals surface area (Å²) in [6.07, 6.45) is -3.12. The first-order valence-corrected chi connectivity index (χ1v) is 8.16. The van der Waals surface area contributed by atoms with Crippen molar-refractivity contribution in [3.05, 3.63) is 99.7 Å². The molecule has 1 N–H and O–H groups in total. The average Bonchev–Trinajstić information content (AvgIpc) is 2.63. The summed E-state index contributed by atoms with van der Waals surface area (Å²) in [5, 5.41) is 2.42. The fourth-order valence-corrected chi connectivity index (χ4v) is 2.64. The van der Waals surface area contributed by atoms with Gasteiger partial charge >= 0.3 is 6.18 Å². The van der Waals surface area contributed by atoms with Crippen molar-refractivity contribution in [1.82, 2.24) is 4.57 Å². The van der Waals surface area contributed by atoms with Crippen molar-refractivity contribution in [1.29, 1.82) is 0 Å². The summed E-state index contributed by atoms with van der Waals surface area (Å²) in [5.74, 6) is -1.29. The summed E-state index contributed by atoms with van der Waals surface area (Å²) in [4.78, 5) is 24.9. The standard InChI is InChI=1S/C20H14F4N2O2/c21-15-6-2-7-16(11-15)25-18(27)17-8-3-9-26(19(17)28)12-13-4-1-5-14(10-13)20(22,23)24/h1-11H,12H2,(H,25,27). The summed E-state index contributed by atoms with van der Waals surface area (Å²) in [6.45, 7) is -0.135. The Labute approximate surface area is 157 Å². The maximum absolute atomic E-state index is 13.2. The zero-order valence-electron chi connectivity index (χ0n) is 14.3. The number of pyridine rings is 1. The molecule has 0 aliphatic rings. The van der Waals surface area contributed by atoms with E-state index in [-0.39, 0.29) is 23.4 Å². The molecule has 1 amide bonds. The third-order valence-electron chi connectivity index (χ3n) is 3.95. The largest absolute Gasteiger partial charge is 0.416 e. The summed E-state index contributed by atoms with van der Waals surface area (Å²) in [7, 11) is 0. The molecule has 8 heteroatoms. The number of halogens is 4. The number of aromatic nitrogens is 1. The van der Waals surface area contributed by atoms with Gasteiger partial charge in [-0.15, -0.1) is 0 Å². The molecule has 0 aliphatic heterocycles. The van der Waals surface area contributed by atoms with E-state index in [2.05, 4.69) is 5.32 Å². The number of alkyl halides is 3. The minimum Gasteiger partial charge on any atom is -0.322 e. The molecule has 0 saturated carbocycles. The Kier molecular flexibility index (Phi) is 5.30. The predicted octanol–water partition coefficient (Wildman–Crippen LogP) is 4.31. The van der Waals surface area contributed by atoms with E-state index in [1.807, 2.05) is 0 Å². The van der Waals surface area contributed by atoms with Crippen LogP contribution in [0.5, 0.6) is 0 Å². The molecule has 28 heavy (non-hydrogen) atoms. The number of amides is 1. The summed E-state index contributed by atoms with van der Waals surface area (Å²) >= 11 is 0. The van der Waals surface area contributed by atoms with Crippen LogP contribution in [-0.2, 0) is 12.7 Å². The summed E-state index contributed by atoms with van der Waals surface area (Å²) < 4.78 is 52.9. The Morgan fingerprint density at radius 1 is 1.00 bits per heavy atom. The first-order valence-electron chi connectivity index (χ1n) is 8.16. The van der Waals surface area contributed by atoms with Crippen LogP contribution >= 0.6 is 0 Å². The van der Waals surface area contributed by atoms with Crippen LogP contribution in [0.3, 0.4) is 0 Å².